The highest BCUT2D eigenvalue weighted by Gasteiger charge is 2.11. The molecule has 0 saturated heterocycles. The lowest BCUT2D eigenvalue weighted by Gasteiger charge is -2.07. The van der Waals surface area contributed by atoms with Gasteiger partial charge in [0.1, 0.15) is 16.7 Å². The van der Waals surface area contributed by atoms with Crippen LogP contribution in [0.2, 0.25) is 5.02 Å². The Morgan fingerprint density at radius 1 is 1.38 bits per heavy atom. The highest BCUT2D eigenvalue weighted by molar-refractivity contribution is 7.80. The summed E-state index contributed by atoms with van der Waals surface area (Å²) in [5.41, 5.74) is 4.84. The maximum absolute atomic E-state index is 13.0. The number of halogens is 3. The number of nitrogens with one attached hydrogen (secondary N) is 1. The molecular weight excluding hydrogens is 218 g/mol. The zero-order valence-electron chi connectivity index (χ0n) is 6.27. The van der Waals surface area contributed by atoms with Crippen molar-refractivity contribution in [2.45, 2.75) is 0 Å². The molecule has 0 aliphatic rings. The van der Waals surface area contributed by atoms with E-state index in [1.807, 2.05) is 0 Å². The van der Waals surface area contributed by atoms with Gasteiger partial charge in [-0.25, -0.2) is 8.78 Å². The summed E-state index contributed by atoms with van der Waals surface area (Å²) in [6.45, 7) is 0. The van der Waals surface area contributed by atoms with Crippen molar-refractivity contribution in [1.82, 2.24) is 0 Å². The Morgan fingerprint density at radius 3 is 2.46 bits per heavy atom. The standard InChI is InChI=1S/C7H5ClF2N2S/c8-5-3(9)1-2-4(10)6(5)12-7(11)13/h1-2H,(H3,11,12,13). The minimum absolute atomic E-state index is 0.175. The predicted molar refractivity (Wildman–Crippen MR) is 51.8 cm³/mol. The second kappa shape index (κ2) is 3.85. The second-order valence-corrected chi connectivity index (χ2v) is 3.03. The molecule has 0 aromatic heterocycles. The first-order valence-corrected chi connectivity index (χ1v) is 4.01. The van der Waals surface area contributed by atoms with Crippen LogP contribution in [0.5, 0.6) is 0 Å². The lowest BCUT2D eigenvalue weighted by molar-refractivity contribution is 0.604. The fourth-order valence-corrected chi connectivity index (χ4v) is 1.07. The summed E-state index contributed by atoms with van der Waals surface area (Å²) in [7, 11) is 0. The van der Waals surface area contributed by atoms with Gasteiger partial charge in [-0.2, -0.15) is 0 Å². The van der Waals surface area contributed by atoms with Crippen LogP contribution in [0, 0.1) is 11.6 Å². The van der Waals surface area contributed by atoms with Crippen molar-refractivity contribution in [2.24, 2.45) is 5.73 Å². The molecule has 0 radical (unpaired) electrons. The van der Waals surface area contributed by atoms with E-state index in [9.17, 15) is 8.78 Å². The number of benzene rings is 1. The van der Waals surface area contributed by atoms with Gasteiger partial charge in [0.25, 0.3) is 0 Å². The van der Waals surface area contributed by atoms with Crippen LogP contribution in [-0.4, -0.2) is 5.11 Å². The van der Waals surface area contributed by atoms with Gasteiger partial charge in [0.15, 0.2) is 5.11 Å². The first-order chi connectivity index (χ1) is 6.02. The summed E-state index contributed by atoms with van der Waals surface area (Å²) < 4.78 is 25.7. The highest BCUT2D eigenvalue weighted by atomic mass is 35.5. The summed E-state index contributed by atoms with van der Waals surface area (Å²) in [6.07, 6.45) is 0. The van der Waals surface area contributed by atoms with Crippen molar-refractivity contribution in [3.63, 3.8) is 0 Å². The van der Waals surface area contributed by atoms with Crippen molar-refractivity contribution in [1.29, 1.82) is 0 Å². The third-order valence-corrected chi connectivity index (χ3v) is 1.76. The molecule has 0 bridgehead atoms. The van der Waals surface area contributed by atoms with Crippen LogP contribution < -0.4 is 11.1 Å². The number of hydrogen-bond acceptors (Lipinski definition) is 1. The van der Waals surface area contributed by atoms with Gasteiger partial charge in [0, 0.05) is 0 Å². The minimum atomic E-state index is -0.734. The Kier molecular flexibility index (Phi) is 3.00. The minimum Gasteiger partial charge on any atom is -0.376 e. The Bertz CT molecular complexity index is 357. The highest BCUT2D eigenvalue weighted by Crippen LogP contribution is 2.27. The molecule has 3 N–H and O–H groups in total. The van der Waals surface area contributed by atoms with Gasteiger partial charge in [-0.05, 0) is 24.4 Å². The summed E-state index contributed by atoms with van der Waals surface area (Å²) >= 11 is 9.91. The smallest absolute Gasteiger partial charge is 0.168 e. The summed E-state index contributed by atoms with van der Waals surface area (Å²) in [5, 5.41) is 1.70. The quantitative estimate of drug-likeness (QED) is 0.566. The van der Waals surface area contributed by atoms with Crippen LogP contribution in [0.25, 0.3) is 0 Å². The Balaban J connectivity index is 3.17. The van der Waals surface area contributed by atoms with Crippen molar-refractivity contribution in [2.75, 3.05) is 5.32 Å². The molecule has 13 heavy (non-hydrogen) atoms. The normalized spacial score (nSPS) is 9.77. The van der Waals surface area contributed by atoms with Crippen LogP contribution in [0.4, 0.5) is 14.5 Å². The molecular formula is C7H5ClF2N2S. The van der Waals surface area contributed by atoms with E-state index in [2.05, 4.69) is 17.5 Å². The number of thiocarbonyl (C=S) groups is 1. The third kappa shape index (κ3) is 2.26. The van der Waals surface area contributed by atoms with Crippen LogP contribution in [0.15, 0.2) is 12.1 Å². The van der Waals surface area contributed by atoms with Gasteiger partial charge in [0.05, 0.1) is 5.69 Å². The fraction of sp³-hybridized carbons (Fsp3) is 0. The molecule has 0 spiro atoms. The second-order valence-electron chi connectivity index (χ2n) is 2.21. The molecule has 6 heteroatoms. The molecule has 0 atom stereocenters. The van der Waals surface area contributed by atoms with Gasteiger partial charge in [-0.15, -0.1) is 0 Å². The Morgan fingerprint density at radius 2 is 1.92 bits per heavy atom. The number of rotatable bonds is 1. The molecule has 2 nitrogen and oxygen atoms in total. The Hall–Kier alpha value is -0.940. The monoisotopic (exact) mass is 222 g/mol. The van der Waals surface area contributed by atoms with E-state index in [4.69, 9.17) is 17.3 Å². The molecule has 0 amide bonds. The van der Waals surface area contributed by atoms with Gasteiger partial charge >= 0.3 is 0 Å². The molecule has 0 aliphatic carbocycles. The molecule has 0 saturated carbocycles. The van der Waals surface area contributed by atoms with E-state index in [-0.39, 0.29) is 15.8 Å². The maximum atomic E-state index is 13.0. The van der Waals surface area contributed by atoms with Crippen molar-refractivity contribution in [3.05, 3.63) is 28.8 Å². The van der Waals surface area contributed by atoms with E-state index < -0.39 is 11.6 Å². The first kappa shape index (κ1) is 10.1. The number of anilines is 1. The molecule has 0 heterocycles. The van der Waals surface area contributed by atoms with Crippen molar-refractivity contribution in [3.8, 4) is 0 Å². The van der Waals surface area contributed by atoms with E-state index in [1.54, 1.807) is 0 Å². The molecule has 0 unspecified atom stereocenters. The van der Waals surface area contributed by atoms with E-state index in [1.165, 1.54) is 0 Å². The molecule has 1 aromatic carbocycles. The van der Waals surface area contributed by atoms with Crippen LogP contribution >= 0.6 is 23.8 Å². The zero-order chi connectivity index (χ0) is 10.0. The van der Waals surface area contributed by atoms with Crippen LogP contribution in [0.3, 0.4) is 0 Å². The van der Waals surface area contributed by atoms with Gasteiger partial charge < -0.3 is 11.1 Å². The molecule has 0 fully saturated rings. The third-order valence-electron chi connectivity index (χ3n) is 1.29. The summed E-state index contributed by atoms with van der Waals surface area (Å²) in [5.74, 6) is -1.44. The SMILES string of the molecule is NC(=S)Nc1c(F)ccc(F)c1Cl. The predicted octanol–water partition coefficient (Wildman–Crippen LogP) is 2.27. The average Bonchev–Trinajstić information content (AvgIpc) is 2.05. The summed E-state index contributed by atoms with van der Waals surface area (Å²) in [6, 6.07) is 1.85. The van der Waals surface area contributed by atoms with E-state index in [0.29, 0.717) is 0 Å². The number of nitrogens with two attached hydrogens (primary N) is 1. The first-order valence-electron chi connectivity index (χ1n) is 3.22. The average molecular weight is 223 g/mol. The lowest BCUT2D eigenvalue weighted by Crippen LogP contribution is -2.20. The van der Waals surface area contributed by atoms with E-state index >= 15 is 0 Å². The summed E-state index contributed by atoms with van der Waals surface area (Å²) in [4.78, 5) is 0. The fourth-order valence-electron chi connectivity index (χ4n) is 0.765. The van der Waals surface area contributed by atoms with Crippen LogP contribution in [0.1, 0.15) is 0 Å². The van der Waals surface area contributed by atoms with Gasteiger partial charge in [-0.3, -0.25) is 0 Å². The molecule has 0 aliphatic heterocycles. The van der Waals surface area contributed by atoms with Crippen molar-refractivity contribution >= 4 is 34.6 Å². The van der Waals surface area contributed by atoms with Crippen LogP contribution in [-0.2, 0) is 0 Å². The lowest BCUT2D eigenvalue weighted by atomic mass is 10.3. The molecule has 70 valence electrons. The Labute approximate surface area is 83.7 Å². The molecule has 1 rings (SSSR count). The van der Waals surface area contributed by atoms with Gasteiger partial charge in [-0.1, -0.05) is 11.6 Å². The van der Waals surface area contributed by atoms with E-state index in [0.717, 1.165) is 12.1 Å². The maximum Gasteiger partial charge on any atom is 0.168 e. The van der Waals surface area contributed by atoms with Crippen molar-refractivity contribution < 1.29 is 8.78 Å². The molecule has 1 aromatic rings. The largest absolute Gasteiger partial charge is 0.376 e. The number of hydrogen-bond donors (Lipinski definition) is 2. The van der Waals surface area contributed by atoms with Gasteiger partial charge in [0.2, 0.25) is 0 Å². The zero-order valence-corrected chi connectivity index (χ0v) is 7.85. The topological polar surface area (TPSA) is 38.0 Å².